The van der Waals surface area contributed by atoms with Gasteiger partial charge in [-0.3, -0.25) is 4.79 Å². The third-order valence-electron chi connectivity index (χ3n) is 5.55. The molecule has 3 fully saturated rings. The zero-order chi connectivity index (χ0) is 20.8. The maximum absolute atomic E-state index is 12.9. The minimum Gasteiger partial charge on any atom is -0.487 e. The van der Waals surface area contributed by atoms with E-state index in [0.29, 0.717) is 39.0 Å². The molecule has 2 amide bonds. The molecule has 0 aliphatic carbocycles. The minimum atomic E-state index is -4.56. The van der Waals surface area contributed by atoms with Crippen molar-refractivity contribution in [3.63, 3.8) is 0 Å². The molecular formula is C19H20ClF3N2O4. The van der Waals surface area contributed by atoms with Crippen LogP contribution in [0.1, 0.15) is 18.4 Å². The highest BCUT2D eigenvalue weighted by Crippen LogP contribution is 2.37. The van der Waals surface area contributed by atoms with E-state index in [9.17, 15) is 22.8 Å². The van der Waals surface area contributed by atoms with Gasteiger partial charge >= 0.3 is 12.2 Å². The van der Waals surface area contributed by atoms with Crippen molar-refractivity contribution in [1.29, 1.82) is 0 Å². The fourth-order valence-electron chi connectivity index (χ4n) is 4.01. The zero-order valence-corrected chi connectivity index (χ0v) is 16.2. The van der Waals surface area contributed by atoms with E-state index in [0.717, 1.165) is 12.1 Å². The highest BCUT2D eigenvalue weighted by molar-refractivity contribution is 6.31. The third kappa shape index (κ3) is 4.30. The fraction of sp³-hybridized carbons (Fsp3) is 0.579. The Balaban J connectivity index is 1.30. The number of halogens is 4. The molecule has 6 nitrogen and oxygen atoms in total. The Bertz CT molecular complexity index is 813. The van der Waals surface area contributed by atoms with Gasteiger partial charge in [0.1, 0.15) is 18.5 Å². The van der Waals surface area contributed by atoms with Gasteiger partial charge in [0.15, 0.2) is 5.78 Å². The number of amides is 2. The summed E-state index contributed by atoms with van der Waals surface area (Å²) in [5, 5.41) is -0.385. The van der Waals surface area contributed by atoms with Gasteiger partial charge in [-0.15, -0.1) is 0 Å². The number of alkyl halides is 3. The quantitative estimate of drug-likeness (QED) is 0.720. The van der Waals surface area contributed by atoms with Crippen LogP contribution in [-0.4, -0.2) is 66.6 Å². The van der Waals surface area contributed by atoms with E-state index in [1.165, 1.54) is 6.07 Å². The maximum Gasteiger partial charge on any atom is 0.417 e. The molecule has 0 radical (unpaired) electrons. The molecule has 1 aromatic carbocycles. The van der Waals surface area contributed by atoms with E-state index in [4.69, 9.17) is 21.1 Å². The molecule has 0 aromatic heterocycles. The number of ether oxygens (including phenoxy) is 2. The average Bonchev–Trinajstić information content (AvgIpc) is 2.63. The van der Waals surface area contributed by atoms with Crippen LogP contribution in [0, 0.1) is 5.92 Å². The summed E-state index contributed by atoms with van der Waals surface area (Å²) < 4.78 is 50.0. The molecule has 3 saturated heterocycles. The number of urea groups is 1. The molecule has 3 heterocycles. The molecule has 0 spiro atoms. The first kappa shape index (κ1) is 20.3. The number of nitrogens with zero attached hydrogens (tertiary/aromatic N) is 2. The van der Waals surface area contributed by atoms with Crippen molar-refractivity contribution < 1.29 is 32.2 Å². The number of hydrogen-bond acceptors (Lipinski definition) is 4. The summed E-state index contributed by atoms with van der Waals surface area (Å²) in [7, 11) is 0. The van der Waals surface area contributed by atoms with Crippen LogP contribution in [0.4, 0.5) is 18.0 Å². The van der Waals surface area contributed by atoms with Crippen LogP contribution in [0.2, 0.25) is 5.02 Å². The molecule has 4 rings (SSSR count). The topological polar surface area (TPSA) is 59.1 Å². The highest BCUT2D eigenvalue weighted by atomic mass is 35.5. The lowest BCUT2D eigenvalue weighted by Crippen LogP contribution is -2.61. The number of hydrogen-bond donors (Lipinski definition) is 0. The van der Waals surface area contributed by atoms with Gasteiger partial charge in [-0.1, -0.05) is 11.6 Å². The molecule has 3 aliphatic rings. The lowest BCUT2D eigenvalue weighted by atomic mass is 9.88. The van der Waals surface area contributed by atoms with Crippen LogP contribution >= 0.6 is 11.6 Å². The molecule has 2 atom stereocenters. The SMILES string of the molecule is O=C1CO[C@H]2CCN(C(=O)N3CC(Oc4ccc(Cl)c(C(F)(F)F)c4)C3)C[C@H]2C1. The lowest BCUT2D eigenvalue weighted by Gasteiger charge is -2.45. The van der Waals surface area contributed by atoms with Gasteiger partial charge in [0, 0.05) is 25.4 Å². The summed E-state index contributed by atoms with van der Waals surface area (Å²) in [6.45, 7) is 1.78. The predicted octanol–water partition coefficient (Wildman–Crippen LogP) is 3.22. The van der Waals surface area contributed by atoms with E-state index < -0.39 is 11.7 Å². The largest absolute Gasteiger partial charge is 0.487 e. The summed E-state index contributed by atoms with van der Waals surface area (Å²) in [6.07, 6.45) is -3.79. The monoisotopic (exact) mass is 432 g/mol. The van der Waals surface area contributed by atoms with Gasteiger partial charge in [0.2, 0.25) is 0 Å². The molecule has 0 bridgehead atoms. The maximum atomic E-state index is 12.9. The van der Waals surface area contributed by atoms with Crippen molar-refractivity contribution in [1.82, 2.24) is 9.80 Å². The number of rotatable bonds is 2. The van der Waals surface area contributed by atoms with Gasteiger partial charge in [0.05, 0.1) is 29.8 Å². The first-order chi connectivity index (χ1) is 13.7. The first-order valence-electron chi connectivity index (χ1n) is 9.41. The summed E-state index contributed by atoms with van der Waals surface area (Å²) in [5.41, 5.74) is -0.948. The summed E-state index contributed by atoms with van der Waals surface area (Å²) >= 11 is 5.61. The molecule has 10 heteroatoms. The molecule has 0 unspecified atom stereocenters. The molecule has 0 N–H and O–H groups in total. The van der Waals surface area contributed by atoms with Crippen LogP contribution in [0.25, 0.3) is 0 Å². The smallest absolute Gasteiger partial charge is 0.417 e. The van der Waals surface area contributed by atoms with E-state index in [-0.39, 0.29) is 47.3 Å². The Labute approximate surface area is 170 Å². The fourth-order valence-corrected chi connectivity index (χ4v) is 4.23. The number of carbonyl (C=O) groups is 2. The minimum absolute atomic E-state index is 0.0250. The van der Waals surface area contributed by atoms with Crippen molar-refractivity contribution in [2.45, 2.75) is 31.2 Å². The van der Waals surface area contributed by atoms with Gasteiger partial charge in [0.25, 0.3) is 0 Å². The van der Waals surface area contributed by atoms with Crippen molar-refractivity contribution in [2.24, 2.45) is 5.92 Å². The number of carbonyl (C=O) groups excluding carboxylic acids is 2. The second-order valence-corrected chi connectivity index (χ2v) is 8.06. The van der Waals surface area contributed by atoms with E-state index in [1.807, 2.05) is 0 Å². The first-order valence-corrected chi connectivity index (χ1v) is 9.79. The zero-order valence-electron chi connectivity index (χ0n) is 15.5. The average molecular weight is 433 g/mol. The Morgan fingerprint density at radius 1 is 1.21 bits per heavy atom. The van der Waals surface area contributed by atoms with E-state index in [2.05, 4.69) is 0 Å². The molecule has 29 heavy (non-hydrogen) atoms. The van der Waals surface area contributed by atoms with Crippen LogP contribution < -0.4 is 4.74 Å². The van der Waals surface area contributed by atoms with Crippen molar-refractivity contribution in [3.05, 3.63) is 28.8 Å². The molecule has 1 aromatic rings. The second-order valence-electron chi connectivity index (χ2n) is 7.65. The van der Waals surface area contributed by atoms with Gasteiger partial charge < -0.3 is 19.3 Å². The summed E-state index contributed by atoms with van der Waals surface area (Å²) in [6, 6.07) is 3.26. The number of benzene rings is 1. The Kier molecular flexibility index (Phi) is 5.37. The molecule has 3 aliphatic heterocycles. The van der Waals surface area contributed by atoms with Crippen LogP contribution in [0.3, 0.4) is 0 Å². The summed E-state index contributed by atoms with van der Waals surface area (Å²) in [5.74, 6) is 0.147. The Morgan fingerprint density at radius 2 is 1.97 bits per heavy atom. The van der Waals surface area contributed by atoms with E-state index in [1.54, 1.807) is 9.80 Å². The number of Topliss-reactive ketones (excluding diaryl/α,β-unsaturated/α-hetero) is 1. The lowest BCUT2D eigenvalue weighted by molar-refractivity contribution is -0.140. The van der Waals surface area contributed by atoms with Gasteiger partial charge in [-0.05, 0) is 24.6 Å². The third-order valence-corrected chi connectivity index (χ3v) is 5.88. The normalized spacial score (nSPS) is 25.4. The predicted molar refractivity (Wildman–Crippen MR) is 96.9 cm³/mol. The van der Waals surface area contributed by atoms with Crippen molar-refractivity contribution >= 4 is 23.4 Å². The standard InChI is InChI=1S/C19H20ClF3N2O4/c20-16-2-1-13(6-15(16)19(21,22)23)29-14-8-25(9-14)18(27)24-4-3-17-11(7-24)5-12(26)10-28-17/h1-2,6,11,14,17H,3-5,7-10H2/t11-,17+/m1/s1. The van der Waals surface area contributed by atoms with E-state index >= 15 is 0 Å². The van der Waals surface area contributed by atoms with Crippen LogP contribution in [0.5, 0.6) is 5.75 Å². The number of fused-ring (bicyclic) bond motifs is 1. The molecule has 0 saturated carbocycles. The van der Waals surface area contributed by atoms with Crippen molar-refractivity contribution in [3.8, 4) is 5.75 Å². The van der Waals surface area contributed by atoms with Gasteiger partial charge in [-0.2, -0.15) is 13.2 Å². The molecular weight excluding hydrogens is 413 g/mol. The Hall–Kier alpha value is -2.00. The Morgan fingerprint density at radius 3 is 2.69 bits per heavy atom. The number of piperidine rings is 1. The second kappa shape index (κ2) is 7.68. The highest BCUT2D eigenvalue weighted by Gasteiger charge is 2.41. The summed E-state index contributed by atoms with van der Waals surface area (Å²) in [4.78, 5) is 27.6. The van der Waals surface area contributed by atoms with Crippen LogP contribution in [0.15, 0.2) is 18.2 Å². The van der Waals surface area contributed by atoms with Crippen molar-refractivity contribution in [2.75, 3.05) is 32.8 Å². The van der Waals surface area contributed by atoms with Crippen LogP contribution in [-0.2, 0) is 15.7 Å². The number of ketones is 1. The number of likely N-dealkylation sites (tertiary alicyclic amines) is 2. The molecule has 158 valence electrons. The van der Waals surface area contributed by atoms with Gasteiger partial charge in [-0.25, -0.2) is 4.79 Å².